The third-order valence-electron chi connectivity index (χ3n) is 5.70. The van der Waals surface area contributed by atoms with Crippen molar-refractivity contribution in [2.75, 3.05) is 0 Å². The minimum atomic E-state index is -4.67. The van der Waals surface area contributed by atoms with Crippen LogP contribution in [-0.2, 0) is 22.1 Å². The van der Waals surface area contributed by atoms with E-state index in [1.165, 1.54) is 0 Å². The number of ketones is 1. The van der Waals surface area contributed by atoms with Gasteiger partial charge in [-0.05, 0) is 76.6 Å². The first-order valence-electron chi connectivity index (χ1n) is 10.2. The molecular weight excluding hydrogens is 402 g/mol. The van der Waals surface area contributed by atoms with E-state index in [2.05, 4.69) is 0 Å². The molecule has 0 N–H and O–H groups in total. The number of benzene rings is 1. The molecule has 2 aliphatic rings. The molecule has 3 rings (SSSR count). The monoisotopic (exact) mass is 429 g/mol. The van der Waals surface area contributed by atoms with E-state index < -0.39 is 23.2 Å². The third-order valence-corrected chi connectivity index (χ3v) is 5.70. The number of hydrogen-bond acceptors (Lipinski definition) is 3. The van der Waals surface area contributed by atoms with Gasteiger partial charge in [0.1, 0.15) is 17.2 Å². The van der Waals surface area contributed by atoms with Crippen LogP contribution in [0.15, 0.2) is 18.2 Å². The Morgan fingerprint density at radius 2 is 1.67 bits per heavy atom. The Kier molecular flexibility index (Phi) is 6.16. The van der Waals surface area contributed by atoms with Crippen LogP contribution in [0.2, 0.25) is 0 Å². The summed E-state index contributed by atoms with van der Waals surface area (Å²) in [6.45, 7) is 5.39. The molecule has 2 heterocycles. The zero-order valence-corrected chi connectivity index (χ0v) is 17.4. The van der Waals surface area contributed by atoms with Gasteiger partial charge in [-0.15, -0.1) is 0 Å². The fourth-order valence-electron chi connectivity index (χ4n) is 4.52. The number of fused-ring (bicyclic) bond motifs is 2. The summed E-state index contributed by atoms with van der Waals surface area (Å²) in [5.74, 6) is -1.59. The van der Waals surface area contributed by atoms with E-state index in [0.717, 1.165) is 31.4 Å². The van der Waals surface area contributed by atoms with Gasteiger partial charge in [-0.1, -0.05) is 0 Å². The normalized spacial score (nSPS) is 24.5. The van der Waals surface area contributed by atoms with Gasteiger partial charge in [-0.3, -0.25) is 4.79 Å². The lowest BCUT2D eigenvalue weighted by Gasteiger charge is -2.48. The number of Topliss-reactive ketones (excluding diaryl/α,β-unsaturated/α-hetero) is 1. The van der Waals surface area contributed by atoms with Crippen LogP contribution in [0, 0.1) is 11.7 Å². The average Bonchev–Trinajstić information content (AvgIpc) is 2.57. The van der Waals surface area contributed by atoms with Gasteiger partial charge in [0.15, 0.2) is 0 Å². The summed E-state index contributed by atoms with van der Waals surface area (Å²) >= 11 is 0. The summed E-state index contributed by atoms with van der Waals surface area (Å²) in [5.41, 5.74) is -1.69. The van der Waals surface area contributed by atoms with Crippen molar-refractivity contribution < 1.29 is 31.9 Å². The van der Waals surface area contributed by atoms with Crippen molar-refractivity contribution in [2.24, 2.45) is 5.92 Å². The molecule has 4 nitrogen and oxygen atoms in total. The number of carbonyl (C=O) groups excluding carboxylic acids is 2. The summed E-state index contributed by atoms with van der Waals surface area (Å²) in [7, 11) is 0. The minimum Gasteiger partial charge on any atom is -0.444 e. The van der Waals surface area contributed by atoms with Crippen LogP contribution in [-0.4, -0.2) is 34.5 Å². The van der Waals surface area contributed by atoms with Crippen molar-refractivity contribution >= 4 is 11.9 Å². The van der Waals surface area contributed by atoms with E-state index in [9.17, 15) is 27.2 Å². The van der Waals surface area contributed by atoms with Crippen LogP contribution >= 0.6 is 0 Å². The van der Waals surface area contributed by atoms with Crippen LogP contribution in [0.1, 0.15) is 64.0 Å². The van der Waals surface area contributed by atoms with Crippen molar-refractivity contribution in [3.63, 3.8) is 0 Å². The molecule has 2 saturated heterocycles. The molecule has 1 aromatic rings. The summed E-state index contributed by atoms with van der Waals surface area (Å²) in [6.07, 6.45) is -1.92. The van der Waals surface area contributed by atoms with Crippen molar-refractivity contribution in [1.29, 1.82) is 0 Å². The first-order chi connectivity index (χ1) is 13.8. The van der Waals surface area contributed by atoms with E-state index in [-0.39, 0.29) is 41.9 Å². The Labute approximate surface area is 173 Å². The van der Waals surface area contributed by atoms with Crippen LogP contribution in [0.4, 0.5) is 22.4 Å². The number of ether oxygens (including phenoxy) is 1. The summed E-state index contributed by atoms with van der Waals surface area (Å²) in [5, 5.41) is 0. The van der Waals surface area contributed by atoms with Gasteiger partial charge < -0.3 is 9.64 Å². The Morgan fingerprint density at radius 3 is 2.20 bits per heavy atom. The van der Waals surface area contributed by atoms with Gasteiger partial charge in [0, 0.05) is 24.4 Å². The van der Waals surface area contributed by atoms with Gasteiger partial charge in [0.25, 0.3) is 0 Å². The molecule has 0 aliphatic carbocycles. The van der Waals surface area contributed by atoms with Gasteiger partial charge in [0.05, 0.1) is 5.56 Å². The predicted molar refractivity (Wildman–Crippen MR) is 102 cm³/mol. The van der Waals surface area contributed by atoms with E-state index in [1.54, 1.807) is 25.7 Å². The second-order valence-electron chi connectivity index (χ2n) is 9.28. The molecule has 30 heavy (non-hydrogen) atoms. The molecule has 166 valence electrons. The summed E-state index contributed by atoms with van der Waals surface area (Å²) in [6, 6.07) is 1.98. The summed E-state index contributed by atoms with van der Waals surface area (Å²) < 4.78 is 58.0. The maximum absolute atomic E-state index is 13.6. The van der Waals surface area contributed by atoms with Gasteiger partial charge in [-0.2, -0.15) is 13.2 Å². The fraction of sp³-hybridized carbons (Fsp3) is 0.636. The Balaban J connectivity index is 1.71. The highest BCUT2D eigenvalue weighted by Gasteiger charge is 2.44. The number of halogens is 4. The third kappa shape index (κ3) is 5.32. The molecule has 2 atom stereocenters. The van der Waals surface area contributed by atoms with Crippen molar-refractivity contribution in [2.45, 2.75) is 83.2 Å². The zero-order chi connectivity index (χ0) is 22.3. The molecule has 2 fully saturated rings. The van der Waals surface area contributed by atoms with E-state index in [0.29, 0.717) is 18.9 Å². The molecule has 2 aliphatic heterocycles. The zero-order valence-electron chi connectivity index (χ0n) is 17.4. The maximum Gasteiger partial charge on any atom is 0.416 e. The molecule has 1 aromatic carbocycles. The van der Waals surface area contributed by atoms with E-state index >= 15 is 0 Å². The van der Waals surface area contributed by atoms with Crippen LogP contribution < -0.4 is 0 Å². The first-order valence-corrected chi connectivity index (χ1v) is 10.2. The predicted octanol–water partition coefficient (Wildman–Crippen LogP) is 5.52. The number of alkyl halides is 3. The second kappa shape index (κ2) is 8.19. The number of piperidine rings is 2. The molecule has 2 bridgehead atoms. The Bertz CT molecular complexity index is 802. The van der Waals surface area contributed by atoms with E-state index in [1.807, 2.05) is 0 Å². The lowest BCUT2D eigenvalue weighted by Crippen LogP contribution is -2.56. The molecular formula is C22H27F4NO3. The highest BCUT2D eigenvalue weighted by atomic mass is 19.4. The van der Waals surface area contributed by atoms with Crippen molar-refractivity contribution in [1.82, 2.24) is 4.90 Å². The highest BCUT2D eigenvalue weighted by Crippen LogP contribution is 2.39. The number of rotatable bonds is 3. The number of hydrogen-bond donors (Lipinski definition) is 0. The molecule has 0 radical (unpaired) electrons. The number of nitrogens with zero attached hydrogens (tertiary/aromatic N) is 1. The van der Waals surface area contributed by atoms with Gasteiger partial charge in [0.2, 0.25) is 0 Å². The number of amides is 1. The molecule has 0 saturated carbocycles. The van der Waals surface area contributed by atoms with Crippen LogP contribution in [0.25, 0.3) is 0 Å². The lowest BCUT2D eigenvalue weighted by molar-refractivity contribution is -0.138. The van der Waals surface area contributed by atoms with E-state index in [4.69, 9.17) is 4.74 Å². The quantitative estimate of drug-likeness (QED) is 0.594. The smallest absolute Gasteiger partial charge is 0.416 e. The van der Waals surface area contributed by atoms with Crippen molar-refractivity contribution in [3.8, 4) is 0 Å². The lowest BCUT2D eigenvalue weighted by atomic mass is 9.76. The SMILES string of the molecule is CC(C)(C)OC(=O)N1C2CCCC1CC(C(=O)Cc1cc(F)cc(C(F)(F)F)c1)C2. The minimum absolute atomic E-state index is 0.0204. The fourth-order valence-corrected chi connectivity index (χ4v) is 4.52. The standard InChI is InChI=1S/C22H27F4NO3/c1-21(2,3)30-20(29)27-17-5-4-6-18(27)11-14(10-17)19(28)9-13-7-15(22(24,25)26)12-16(23)8-13/h7-8,12,14,17-18H,4-6,9-11H2,1-3H3. The largest absolute Gasteiger partial charge is 0.444 e. The maximum atomic E-state index is 13.6. The van der Waals surface area contributed by atoms with Crippen LogP contribution in [0.3, 0.4) is 0 Å². The van der Waals surface area contributed by atoms with Gasteiger partial charge >= 0.3 is 12.3 Å². The molecule has 0 aromatic heterocycles. The Morgan fingerprint density at radius 1 is 1.07 bits per heavy atom. The van der Waals surface area contributed by atoms with Crippen molar-refractivity contribution in [3.05, 3.63) is 35.1 Å². The summed E-state index contributed by atoms with van der Waals surface area (Å²) in [4.78, 5) is 27.2. The number of carbonyl (C=O) groups is 2. The molecule has 1 amide bonds. The molecule has 8 heteroatoms. The topological polar surface area (TPSA) is 46.6 Å². The average molecular weight is 429 g/mol. The first kappa shape index (κ1) is 22.6. The van der Waals surface area contributed by atoms with Crippen LogP contribution in [0.5, 0.6) is 0 Å². The molecule has 0 spiro atoms. The highest BCUT2D eigenvalue weighted by molar-refractivity contribution is 5.84. The molecule has 2 unspecified atom stereocenters. The van der Waals surface area contributed by atoms with Gasteiger partial charge in [-0.25, -0.2) is 9.18 Å². The second-order valence-corrected chi connectivity index (χ2v) is 9.28. The Hall–Kier alpha value is -2.12.